The number of amides is 2. The lowest BCUT2D eigenvalue weighted by Gasteiger charge is -2.43. The van der Waals surface area contributed by atoms with E-state index in [2.05, 4.69) is 57.7 Å². The van der Waals surface area contributed by atoms with Gasteiger partial charge in [0, 0.05) is 22.8 Å². The zero-order valence-corrected chi connectivity index (χ0v) is 20.6. The van der Waals surface area contributed by atoms with Gasteiger partial charge in [0.1, 0.15) is 0 Å². The fourth-order valence-electron chi connectivity index (χ4n) is 4.55. The molecule has 4 rings (SSSR count). The minimum Gasteiger partial charge on any atom is -0.363 e. The number of thioether (sulfide) groups is 1. The molecule has 0 spiro atoms. The van der Waals surface area contributed by atoms with Crippen LogP contribution in [0.5, 0.6) is 0 Å². The number of halogens is 1. The van der Waals surface area contributed by atoms with Gasteiger partial charge in [-0.1, -0.05) is 35.9 Å². The highest BCUT2D eigenvalue weighted by Gasteiger charge is 2.36. The number of hydrogen-bond acceptors (Lipinski definition) is 4. The predicted molar refractivity (Wildman–Crippen MR) is 135 cm³/mol. The Morgan fingerprint density at radius 1 is 1.12 bits per heavy atom. The number of likely N-dealkylation sites (N-methyl/N-ethyl adjacent to an activating group) is 1. The highest BCUT2D eigenvalue weighted by molar-refractivity contribution is 8.18. The average molecular weight is 467 g/mol. The van der Waals surface area contributed by atoms with Gasteiger partial charge < -0.3 is 4.90 Å². The number of carbonyl (C=O) groups is 2. The summed E-state index contributed by atoms with van der Waals surface area (Å²) in [5, 5.41) is 0.276. The predicted octanol–water partition coefficient (Wildman–Crippen LogP) is 6.91. The van der Waals surface area contributed by atoms with Crippen LogP contribution < -0.4 is 4.90 Å². The minimum atomic E-state index is -0.277. The maximum absolute atomic E-state index is 13.0. The first kappa shape index (κ1) is 22.7. The molecule has 1 saturated heterocycles. The van der Waals surface area contributed by atoms with Crippen molar-refractivity contribution < 1.29 is 9.59 Å². The first-order valence-corrected chi connectivity index (χ1v) is 11.9. The summed E-state index contributed by atoms with van der Waals surface area (Å²) in [5.74, 6) is -0.277. The molecule has 0 bridgehead atoms. The van der Waals surface area contributed by atoms with Gasteiger partial charge in [0.2, 0.25) is 0 Å². The smallest absolute Gasteiger partial charge is 0.293 e. The molecule has 0 unspecified atom stereocenters. The van der Waals surface area contributed by atoms with Gasteiger partial charge in [0.25, 0.3) is 11.1 Å². The molecule has 0 aromatic heterocycles. The van der Waals surface area contributed by atoms with E-state index in [1.165, 1.54) is 21.7 Å². The Labute approximate surface area is 198 Å². The van der Waals surface area contributed by atoms with Gasteiger partial charge in [-0.15, -0.1) is 0 Å². The normalized spacial score (nSPS) is 18.9. The SMILES string of the molecule is CCN1c2cc(C)c(/C=C3\SC(=O)N(Cc4ccccc4Cl)C3=O)cc2C(C)=CC1(C)C. The van der Waals surface area contributed by atoms with E-state index in [0.717, 1.165) is 35.0 Å². The molecular weight excluding hydrogens is 440 g/mol. The van der Waals surface area contributed by atoms with Crippen LogP contribution in [-0.4, -0.2) is 28.1 Å². The largest absolute Gasteiger partial charge is 0.363 e. The van der Waals surface area contributed by atoms with Crippen molar-refractivity contribution in [3.8, 4) is 0 Å². The van der Waals surface area contributed by atoms with E-state index in [1.807, 2.05) is 24.3 Å². The van der Waals surface area contributed by atoms with E-state index in [4.69, 9.17) is 11.6 Å². The molecule has 2 heterocycles. The van der Waals surface area contributed by atoms with E-state index in [0.29, 0.717) is 9.93 Å². The number of hydrogen-bond donors (Lipinski definition) is 0. The van der Waals surface area contributed by atoms with Crippen LogP contribution in [0, 0.1) is 6.92 Å². The zero-order chi connectivity index (χ0) is 23.2. The van der Waals surface area contributed by atoms with Gasteiger partial charge in [-0.3, -0.25) is 14.5 Å². The average Bonchev–Trinajstić information content (AvgIpc) is 2.98. The molecular formula is C26H27ClN2O2S. The lowest BCUT2D eigenvalue weighted by Crippen LogP contribution is -2.44. The van der Waals surface area contributed by atoms with Crippen LogP contribution in [0.2, 0.25) is 5.02 Å². The Morgan fingerprint density at radius 2 is 1.84 bits per heavy atom. The summed E-state index contributed by atoms with van der Waals surface area (Å²) in [6, 6.07) is 11.6. The van der Waals surface area contributed by atoms with Crippen molar-refractivity contribution in [3.05, 3.63) is 74.7 Å². The van der Waals surface area contributed by atoms with E-state index in [9.17, 15) is 9.59 Å². The van der Waals surface area contributed by atoms with Crippen molar-refractivity contribution >= 4 is 51.8 Å². The van der Waals surface area contributed by atoms with Crippen LogP contribution in [0.4, 0.5) is 10.5 Å². The van der Waals surface area contributed by atoms with Crippen molar-refractivity contribution in [1.29, 1.82) is 0 Å². The van der Waals surface area contributed by atoms with E-state index in [1.54, 1.807) is 6.07 Å². The van der Waals surface area contributed by atoms with Crippen LogP contribution in [-0.2, 0) is 11.3 Å². The molecule has 0 atom stereocenters. The molecule has 0 aliphatic carbocycles. The molecule has 2 aromatic rings. The lowest BCUT2D eigenvalue weighted by molar-refractivity contribution is -0.123. The second-order valence-corrected chi connectivity index (χ2v) is 10.2. The van der Waals surface area contributed by atoms with Crippen LogP contribution in [0.15, 0.2) is 47.4 Å². The second kappa shape index (κ2) is 8.45. The summed E-state index contributed by atoms with van der Waals surface area (Å²) in [6.45, 7) is 11.9. The standard InChI is InChI=1S/C26H27ClN2O2S/c1-6-29-22-11-16(2)19(12-20(22)17(3)14-26(29,4)5)13-23-24(30)28(25(31)32-23)15-18-9-7-8-10-21(18)27/h7-14H,6,15H2,1-5H3/b23-13-. The quantitative estimate of drug-likeness (QED) is 0.459. The van der Waals surface area contributed by atoms with Crippen molar-refractivity contribution in [2.24, 2.45) is 0 Å². The Balaban J connectivity index is 1.68. The summed E-state index contributed by atoms with van der Waals surface area (Å²) in [6.07, 6.45) is 4.13. The van der Waals surface area contributed by atoms with Gasteiger partial charge in [0.15, 0.2) is 0 Å². The van der Waals surface area contributed by atoms with Crippen molar-refractivity contribution in [2.45, 2.75) is 46.7 Å². The maximum Gasteiger partial charge on any atom is 0.293 e. The summed E-state index contributed by atoms with van der Waals surface area (Å²) in [4.78, 5) is 29.7. The molecule has 32 heavy (non-hydrogen) atoms. The van der Waals surface area contributed by atoms with Gasteiger partial charge in [-0.25, -0.2) is 0 Å². The molecule has 4 nitrogen and oxygen atoms in total. The second-order valence-electron chi connectivity index (χ2n) is 8.81. The molecule has 0 radical (unpaired) electrons. The topological polar surface area (TPSA) is 40.6 Å². The zero-order valence-electron chi connectivity index (χ0n) is 19.0. The number of fused-ring (bicyclic) bond motifs is 1. The molecule has 6 heteroatoms. The Bertz CT molecular complexity index is 1180. The lowest BCUT2D eigenvalue weighted by atomic mass is 9.87. The number of nitrogens with zero attached hydrogens (tertiary/aromatic N) is 2. The Hall–Kier alpha value is -2.50. The Morgan fingerprint density at radius 3 is 2.53 bits per heavy atom. The fraction of sp³-hybridized carbons (Fsp3) is 0.308. The van der Waals surface area contributed by atoms with E-state index >= 15 is 0 Å². The molecule has 166 valence electrons. The first-order chi connectivity index (χ1) is 15.1. The van der Waals surface area contributed by atoms with Crippen LogP contribution in [0.3, 0.4) is 0 Å². The summed E-state index contributed by atoms with van der Waals surface area (Å²) in [5.41, 5.74) is 6.32. The molecule has 2 aliphatic heterocycles. The first-order valence-electron chi connectivity index (χ1n) is 10.7. The highest BCUT2D eigenvalue weighted by atomic mass is 35.5. The highest BCUT2D eigenvalue weighted by Crippen LogP contribution is 2.41. The summed E-state index contributed by atoms with van der Waals surface area (Å²) < 4.78 is 0. The third kappa shape index (κ3) is 4.00. The number of rotatable bonds is 4. The van der Waals surface area contributed by atoms with Gasteiger partial charge in [-0.2, -0.15) is 0 Å². The van der Waals surface area contributed by atoms with E-state index in [-0.39, 0.29) is 23.2 Å². The fourth-order valence-corrected chi connectivity index (χ4v) is 5.58. The van der Waals surface area contributed by atoms with Crippen LogP contribution in [0.25, 0.3) is 11.6 Å². The molecule has 2 aliphatic rings. The third-order valence-electron chi connectivity index (χ3n) is 6.13. The number of imide groups is 1. The van der Waals surface area contributed by atoms with Crippen molar-refractivity contribution in [3.63, 3.8) is 0 Å². The van der Waals surface area contributed by atoms with Gasteiger partial charge >= 0.3 is 0 Å². The molecule has 1 fully saturated rings. The third-order valence-corrected chi connectivity index (χ3v) is 7.40. The van der Waals surface area contributed by atoms with Crippen molar-refractivity contribution in [2.75, 3.05) is 11.4 Å². The summed E-state index contributed by atoms with van der Waals surface area (Å²) >= 11 is 7.21. The number of carbonyl (C=O) groups excluding carboxylic acids is 2. The molecule has 2 amide bonds. The molecule has 2 aromatic carbocycles. The molecule has 0 saturated carbocycles. The van der Waals surface area contributed by atoms with Crippen molar-refractivity contribution in [1.82, 2.24) is 4.90 Å². The van der Waals surface area contributed by atoms with Crippen LogP contribution >= 0.6 is 23.4 Å². The number of benzene rings is 2. The Kier molecular flexibility index (Phi) is 5.99. The van der Waals surface area contributed by atoms with Gasteiger partial charge in [-0.05, 0) is 92.9 Å². The minimum absolute atomic E-state index is 0.0544. The number of aryl methyl sites for hydroxylation is 1. The monoisotopic (exact) mass is 466 g/mol. The number of allylic oxidation sites excluding steroid dienone is 1. The number of anilines is 1. The summed E-state index contributed by atoms with van der Waals surface area (Å²) in [7, 11) is 0. The van der Waals surface area contributed by atoms with E-state index < -0.39 is 0 Å². The van der Waals surface area contributed by atoms with Gasteiger partial charge in [0.05, 0.1) is 17.0 Å². The molecule has 0 N–H and O–H groups in total. The van der Waals surface area contributed by atoms with Crippen LogP contribution in [0.1, 0.15) is 49.9 Å². The maximum atomic E-state index is 13.0.